The molecule has 1 fully saturated rings. The smallest absolute Gasteiger partial charge is 0.326 e. The second kappa shape index (κ2) is 7.27. The first kappa shape index (κ1) is 17.5. The summed E-state index contributed by atoms with van der Waals surface area (Å²) >= 11 is 0. The highest BCUT2D eigenvalue weighted by Crippen LogP contribution is 2.21. The van der Waals surface area contributed by atoms with Gasteiger partial charge in [-0.05, 0) is 41.8 Å². The van der Waals surface area contributed by atoms with Gasteiger partial charge in [-0.3, -0.25) is 4.79 Å². The van der Waals surface area contributed by atoms with E-state index in [1.165, 1.54) is 4.90 Å². The largest absolute Gasteiger partial charge is 0.480 e. The zero-order valence-corrected chi connectivity index (χ0v) is 14.7. The average molecular weight is 343 g/mol. The van der Waals surface area contributed by atoms with E-state index in [0.717, 1.165) is 22.9 Å². The van der Waals surface area contributed by atoms with Crippen molar-refractivity contribution in [2.24, 2.45) is 5.92 Å². The molecule has 6 heteroatoms. The third-order valence-electron chi connectivity index (χ3n) is 4.90. The predicted octanol–water partition coefficient (Wildman–Crippen LogP) is 2.36. The fourth-order valence-corrected chi connectivity index (χ4v) is 3.51. The fraction of sp³-hybridized carbons (Fsp3) is 0.474. The second-order valence-corrected chi connectivity index (χ2v) is 7.03. The number of aromatic nitrogens is 1. The van der Waals surface area contributed by atoms with Crippen LogP contribution < -0.4 is 5.32 Å². The molecule has 25 heavy (non-hydrogen) atoms. The summed E-state index contributed by atoms with van der Waals surface area (Å²) in [5.41, 5.74) is 2.15. The topological polar surface area (TPSA) is 85.4 Å². The summed E-state index contributed by atoms with van der Waals surface area (Å²) in [6, 6.07) is 7.11. The minimum Gasteiger partial charge on any atom is -0.480 e. The van der Waals surface area contributed by atoms with Crippen molar-refractivity contribution < 1.29 is 14.7 Å². The molecule has 2 aromatic rings. The van der Waals surface area contributed by atoms with Gasteiger partial charge in [-0.1, -0.05) is 26.0 Å². The number of hydrogen-bond acceptors (Lipinski definition) is 3. The normalized spacial score (nSPS) is 18.8. The number of carboxylic acid groups (broad SMARTS) is 1. The average Bonchev–Trinajstić information content (AvgIpc) is 3.23. The molecular formula is C19H25N3O3. The lowest BCUT2D eigenvalue weighted by atomic mass is 10.0. The molecule has 3 N–H and O–H groups in total. The third-order valence-corrected chi connectivity index (χ3v) is 4.90. The van der Waals surface area contributed by atoms with Crippen LogP contribution >= 0.6 is 0 Å². The number of carboxylic acids is 1. The van der Waals surface area contributed by atoms with Crippen LogP contribution in [-0.2, 0) is 16.1 Å². The van der Waals surface area contributed by atoms with Crippen LogP contribution in [-0.4, -0.2) is 45.5 Å². The highest BCUT2D eigenvalue weighted by Gasteiger charge is 2.37. The van der Waals surface area contributed by atoms with Crippen molar-refractivity contribution in [2.45, 2.75) is 45.3 Å². The maximum Gasteiger partial charge on any atom is 0.326 e. The first-order chi connectivity index (χ1) is 12.0. The Morgan fingerprint density at radius 2 is 2.16 bits per heavy atom. The van der Waals surface area contributed by atoms with Crippen LogP contribution in [0.1, 0.15) is 32.3 Å². The molecule has 1 amide bonds. The monoisotopic (exact) mass is 343 g/mol. The van der Waals surface area contributed by atoms with Crippen molar-refractivity contribution in [1.29, 1.82) is 0 Å². The highest BCUT2D eigenvalue weighted by atomic mass is 16.4. The summed E-state index contributed by atoms with van der Waals surface area (Å²) in [4.78, 5) is 29.0. The number of rotatable bonds is 6. The third kappa shape index (κ3) is 3.69. The molecule has 1 aromatic carbocycles. The molecule has 6 nitrogen and oxygen atoms in total. The van der Waals surface area contributed by atoms with Crippen molar-refractivity contribution in [3.05, 3.63) is 36.0 Å². The Morgan fingerprint density at radius 3 is 2.88 bits per heavy atom. The number of benzene rings is 1. The van der Waals surface area contributed by atoms with Gasteiger partial charge in [0.05, 0.1) is 6.04 Å². The molecule has 1 aromatic heterocycles. The van der Waals surface area contributed by atoms with Crippen LogP contribution in [0.25, 0.3) is 10.9 Å². The number of carbonyl (C=O) groups excluding carboxylic acids is 1. The first-order valence-electron chi connectivity index (χ1n) is 8.80. The summed E-state index contributed by atoms with van der Waals surface area (Å²) in [5.74, 6) is -0.942. The molecule has 134 valence electrons. The van der Waals surface area contributed by atoms with E-state index in [9.17, 15) is 14.7 Å². The molecule has 0 saturated carbocycles. The second-order valence-electron chi connectivity index (χ2n) is 7.03. The number of nitrogens with one attached hydrogen (secondary N) is 2. The first-order valence-corrected chi connectivity index (χ1v) is 8.80. The fourth-order valence-electron chi connectivity index (χ4n) is 3.51. The molecule has 2 heterocycles. The van der Waals surface area contributed by atoms with Crippen LogP contribution in [0.15, 0.2) is 30.5 Å². The lowest BCUT2D eigenvalue weighted by molar-refractivity contribution is -0.149. The van der Waals surface area contributed by atoms with Gasteiger partial charge in [0.25, 0.3) is 0 Å². The Morgan fingerprint density at radius 1 is 1.36 bits per heavy atom. The van der Waals surface area contributed by atoms with Crippen LogP contribution in [0.3, 0.4) is 0 Å². The van der Waals surface area contributed by atoms with Gasteiger partial charge in [0.15, 0.2) is 0 Å². The molecule has 0 unspecified atom stereocenters. The molecule has 1 aliphatic heterocycles. The van der Waals surface area contributed by atoms with Crippen molar-refractivity contribution in [2.75, 3.05) is 6.54 Å². The van der Waals surface area contributed by atoms with E-state index in [0.29, 0.717) is 19.5 Å². The Hall–Kier alpha value is -2.34. The van der Waals surface area contributed by atoms with E-state index in [2.05, 4.69) is 22.4 Å². The van der Waals surface area contributed by atoms with Crippen molar-refractivity contribution >= 4 is 22.8 Å². The van der Waals surface area contributed by atoms with Crippen LogP contribution in [0, 0.1) is 5.92 Å². The molecule has 0 radical (unpaired) electrons. The van der Waals surface area contributed by atoms with E-state index in [-0.39, 0.29) is 17.9 Å². The van der Waals surface area contributed by atoms with Crippen LogP contribution in [0.5, 0.6) is 0 Å². The van der Waals surface area contributed by atoms with E-state index < -0.39 is 12.0 Å². The van der Waals surface area contributed by atoms with E-state index in [1.54, 1.807) is 0 Å². The summed E-state index contributed by atoms with van der Waals surface area (Å²) in [6.07, 6.45) is 3.19. The minimum atomic E-state index is -0.912. The zero-order valence-electron chi connectivity index (χ0n) is 14.7. The number of nitrogens with zero attached hydrogens (tertiary/aromatic N) is 1. The quantitative estimate of drug-likeness (QED) is 0.752. The molecule has 1 aliphatic rings. The summed E-state index contributed by atoms with van der Waals surface area (Å²) < 4.78 is 0. The van der Waals surface area contributed by atoms with Gasteiger partial charge < -0.3 is 20.3 Å². The lowest BCUT2D eigenvalue weighted by Gasteiger charge is -2.29. The number of fused-ring (bicyclic) bond motifs is 1. The standard InChI is InChI=1S/C19H25N3O3/c1-12(2)17(18(23)22-9-3-4-16(22)19(24)25)21-11-13-5-6-14-7-8-20-15(14)10-13/h5-8,10,12,16-17,20-21H,3-4,9,11H2,1-2H3,(H,24,25)/t16-,17-/m0/s1. The summed E-state index contributed by atoms with van der Waals surface area (Å²) in [7, 11) is 0. The van der Waals surface area contributed by atoms with Crippen LogP contribution in [0.4, 0.5) is 0 Å². The van der Waals surface area contributed by atoms with E-state index in [4.69, 9.17) is 0 Å². The van der Waals surface area contributed by atoms with Gasteiger partial charge in [0.1, 0.15) is 6.04 Å². The number of carbonyl (C=O) groups is 2. The molecule has 0 spiro atoms. The van der Waals surface area contributed by atoms with Crippen molar-refractivity contribution in [3.63, 3.8) is 0 Å². The zero-order chi connectivity index (χ0) is 18.0. The van der Waals surface area contributed by atoms with Gasteiger partial charge >= 0.3 is 5.97 Å². The van der Waals surface area contributed by atoms with Gasteiger partial charge in [-0.15, -0.1) is 0 Å². The number of aromatic amines is 1. The van der Waals surface area contributed by atoms with Gasteiger partial charge in [-0.2, -0.15) is 0 Å². The molecular weight excluding hydrogens is 318 g/mol. The van der Waals surface area contributed by atoms with Gasteiger partial charge in [0, 0.05) is 24.8 Å². The van der Waals surface area contributed by atoms with Crippen molar-refractivity contribution in [1.82, 2.24) is 15.2 Å². The number of H-pyrrole nitrogens is 1. The number of aliphatic carboxylic acids is 1. The van der Waals surface area contributed by atoms with E-state index >= 15 is 0 Å². The maximum absolute atomic E-state index is 12.9. The van der Waals surface area contributed by atoms with Gasteiger partial charge in [-0.25, -0.2) is 4.79 Å². The number of hydrogen-bond donors (Lipinski definition) is 3. The Bertz CT molecular complexity index is 768. The Balaban J connectivity index is 1.70. The Kier molecular flexibility index (Phi) is 5.08. The lowest BCUT2D eigenvalue weighted by Crippen LogP contribution is -2.52. The van der Waals surface area contributed by atoms with Crippen molar-refractivity contribution in [3.8, 4) is 0 Å². The minimum absolute atomic E-state index is 0.0803. The molecule has 1 saturated heterocycles. The predicted molar refractivity (Wildman–Crippen MR) is 96.1 cm³/mol. The Labute approximate surface area is 147 Å². The number of amides is 1. The number of likely N-dealkylation sites (tertiary alicyclic amines) is 1. The van der Waals surface area contributed by atoms with E-state index in [1.807, 2.05) is 32.2 Å². The maximum atomic E-state index is 12.9. The van der Waals surface area contributed by atoms with Gasteiger partial charge in [0.2, 0.25) is 5.91 Å². The molecule has 2 atom stereocenters. The highest BCUT2D eigenvalue weighted by molar-refractivity contribution is 5.87. The molecule has 0 aliphatic carbocycles. The SMILES string of the molecule is CC(C)[C@H](NCc1ccc2cc[nH]c2c1)C(=O)N1CCC[C@H]1C(=O)O. The molecule has 3 rings (SSSR count). The molecule has 0 bridgehead atoms. The summed E-state index contributed by atoms with van der Waals surface area (Å²) in [6.45, 7) is 5.05. The summed E-state index contributed by atoms with van der Waals surface area (Å²) in [5, 5.41) is 13.8. The van der Waals surface area contributed by atoms with Crippen LogP contribution in [0.2, 0.25) is 0 Å².